The van der Waals surface area contributed by atoms with Crippen LogP contribution in [0, 0.1) is 5.92 Å². The van der Waals surface area contributed by atoms with Gasteiger partial charge in [0.25, 0.3) is 0 Å². The van der Waals surface area contributed by atoms with Crippen molar-refractivity contribution in [1.82, 2.24) is 4.98 Å². The van der Waals surface area contributed by atoms with E-state index in [1.807, 2.05) is 0 Å². The van der Waals surface area contributed by atoms with E-state index in [0.29, 0.717) is 0 Å². The topological polar surface area (TPSA) is 79.3 Å². The molecular formula is C10H12N2O3. The Labute approximate surface area is 87.1 Å². The molecule has 0 aliphatic heterocycles. The number of amides is 1. The molecule has 2 N–H and O–H groups in total. The number of carboxylic acids is 1. The van der Waals surface area contributed by atoms with Crippen LogP contribution in [0.25, 0.3) is 0 Å². The number of rotatable bonds is 3. The second-order valence-corrected chi connectivity index (χ2v) is 3.38. The van der Waals surface area contributed by atoms with Crippen molar-refractivity contribution in [2.75, 3.05) is 5.32 Å². The van der Waals surface area contributed by atoms with Crippen LogP contribution < -0.4 is 5.32 Å². The minimum absolute atomic E-state index is 0.101. The number of carbonyl (C=O) groups is 2. The number of carbonyl (C=O) groups excluding carboxylic acids is 1. The molecule has 5 heteroatoms. The van der Waals surface area contributed by atoms with Crippen LogP contribution in [-0.2, 0) is 4.79 Å². The molecule has 0 saturated carbocycles. The molecule has 5 nitrogen and oxygen atoms in total. The maximum absolute atomic E-state index is 11.3. The predicted octanol–water partition coefficient (Wildman–Crippen LogP) is 1.37. The highest BCUT2D eigenvalue weighted by Crippen LogP contribution is 2.08. The largest absolute Gasteiger partial charge is 0.478 e. The van der Waals surface area contributed by atoms with Crippen LogP contribution in [0.1, 0.15) is 24.2 Å². The van der Waals surface area contributed by atoms with Crippen LogP contribution in [0.5, 0.6) is 0 Å². The number of carboxylic acid groups (broad SMARTS) is 1. The van der Waals surface area contributed by atoms with Crippen LogP contribution >= 0.6 is 0 Å². The zero-order valence-electron chi connectivity index (χ0n) is 8.52. The van der Waals surface area contributed by atoms with Crippen molar-refractivity contribution in [3.8, 4) is 0 Å². The molecule has 0 bridgehead atoms. The van der Waals surface area contributed by atoms with E-state index in [4.69, 9.17) is 5.11 Å². The first-order valence-corrected chi connectivity index (χ1v) is 4.51. The quantitative estimate of drug-likeness (QED) is 0.786. The summed E-state index contributed by atoms with van der Waals surface area (Å²) in [6, 6.07) is 2.69. The average molecular weight is 208 g/mol. The maximum Gasteiger partial charge on any atom is 0.335 e. The van der Waals surface area contributed by atoms with Gasteiger partial charge in [-0.05, 0) is 12.1 Å². The van der Waals surface area contributed by atoms with Crippen LogP contribution in [0.3, 0.4) is 0 Å². The molecule has 1 heterocycles. The van der Waals surface area contributed by atoms with Gasteiger partial charge in [0.1, 0.15) is 5.82 Å². The molecule has 1 aromatic rings. The van der Waals surface area contributed by atoms with Gasteiger partial charge in [0.05, 0.1) is 5.56 Å². The number of nitrogens with one attached hydrogen (secondary N) is 1. The summed E-state index contributed by atoms with van der Waals surface area (Å²) in [4.78, 5) is 25.8. The average Bonchev–Trinajstić information content (AvgIpc) is 2.18. The second-order valence-electron chi connectivity index (χ2n) is 3.38. The van der Waals surface area contributed by atoms with Gasteiger partial charge in [-0.2, -0.15) is 0 Å². The summed E-state index contributed by atoms with van der Waals surface area (Å²) >= 11 is 0. The molecule has 0 aliphatic rings. The molecule has 0 unspecified atom stereocenters. The Balaban J connectivity index is 2.83. The molecule has 15 heavy (non-hydrogen) atoms. The predicted molar refractivity (Wildman–Crippen MR) is 54.7 cm³/mol. The molecular weight excluding hydrogens is 196 g/mol. The summed E-state index contributed by atoms with van der Waals surface area (Å²) in [6.07, 6.45) is 1.35. The van der Waals surface area contributed by atoms with Crippen molar-refractivity contribution in [2.24, 2.45) is 5.92 Å². The first-order valence-electron chi connectivity index (χ1n) is 4.51. The molecule has 0 aromatic carbocycles. The first-order chi connectivity index (χ1) is 7.00. The third kappa shape index (κ3) is 3.05. The highest BCUT2D eigenvalue weighted by Gasteiger charge is 2.09. The smallest absolute Gasteiger partial charge is 0.335 e. The summed E-state index contributed by atoms with van der Waals surface area (Å²) in [5.74, 6) is -1.14. The number of hydrogen-bond acceptors (Lipinski definition) is 3. The van der Waals surface area contributed by atoms with Crippen molar-refractivity contribution in [3.63, 3.8) is 0 Å². The molecule has 1 aromatic heterocycles. The van der Waals surface area contributed by atoms with E-state index in [-0.39, 0.29) is 23.2 Å². The Bertz CT molecular complexity index is 388. The number of aromatic nitrogens is 1. The Kier molecular flexibility index (Phi) is 3.38. The lowest BCUT2D eigenvalue weighted by Gasteiger charge is -2.06. The number of pyridine rings is 1. The number of hydrogen-bond donors (Lipinski definition) is 2. The molecule has 80 valence electrons. The molecule has 0 radical (unpaired) electrons. The monoisotopic (exact) mass is 208 g/mol. The zero-order valence-corrected chi connectivity index (χ0v) is 8.52. The highest BCUT2D eigenvalue weighted by atomic mass is 16.4. The van der Waals surface area contributed by atoms with Gasteiger partial charge in [-0.3, -0.25) is 4.79 Å². The van der Waals surface area contributed by atoms with Gasteiger partial charge >= 0.3 is 5.97 Å². The van der Waals surface area contributed by atoms with Gasteiger partial charge in [0.15, 0.2) is 0 Å². The van der Waals surface area contributed by atoms with Gasteiger partial charge in [-0.1, -0.05) is 13.8 Å². The Hall–Kier alpha value is -1.91. The maximum atomic E-state index is 11.3. The molecule has 0 atom stereocenters. The zero-order chi connectivity index (χ0) is 11.4. The number of anilines is 1. The highest BCUT2D eigenvalue weighted by molar-refractivity contribution is 5.93. The molecule has 0 saturated heterocycles. The summed E-state index contributed by atoms with van der Waals surface area (Å²) in [7, 11) is 0. The molecule has 1 amide bonds. The summed E-state index contributed by atoms with van der Waals surface area (Å²) in [6.45, 7) is 3.49. The minimum Gasteiger partial charge on any atom is -0.478 e. The van der Waals surface area contributed by atoms with E-state index in [1.165, 1.54) is 18.3 Å². The minimum atomic E-state index is -1.04. The number of nitrogens with zero attached hydrogens (tertiary/aromatic N) is 1. The van der Waals surface area contributed by atoms with E-state index < -0.39 is 5.97 Å². The molecule has 1 rings (SSSR count). The van der Waals surface area contributed by atoms with E-state index in [0.717, 1.165) is 0 Å². The van der Waals surface area contributed by atoms with Crippen molar-refractivity contribution >= 4 is 17.7 Å². The third-order valence-electron chi connectivity index (χ3n) is 1.78. The molecule has 0 fully saturated rings. The fourth-order valence-electron chi connectivity index (χ4n) is 0.902. The van der Waals surface area contributed by atoms with Crippen molar-refractivity contribution in [1.29, 1.82) is 0 Å². The van der Waals surface area contributed by atoms with E-state index >= 15 is 0 Å². The van der Waals surface area contributed by atoms with E-state index in [1.54, 1.807) is 13.8 Å². The Morgan fingerprint density at radius 2 is 2.13 bits per heavy atom. The van der Waals surface area contributed by atoms with Crippen LogP contribution in [0.15, 0.2) is 18.3 Å². The standard InChI is InChI=1S/C10H12N2O3/c1-6(2)9(13)12-8-5-7(10(14)15)3-4-11-8/h3-6H,1-2H3,(H,14,15)(H,11,12,13). The Morgan fingerprint density at radius 3 is 2.67 bits per heavy atom. The van der Waals surface area contributed by atoms with Crippen LogP contribution in [0.2, 0.25) is 0 Å². The molecule has 0 aliphatic carbocycles. The lowest BCUT2D eigenvalue weighted by molar-refractivity contribution is -0.118. The summed E-state index contributed by atoms with van der Waals surface area (Å²) in [5.41, 5.74) is 0.101. The van der Waals surface area contributed by atoms with Crippen molar-refractivity contribution in [2.45, 2.75) is 13.8 Å². The SMILES string of the molecule is CC(C)C(=O)Nc1cc(C(=O)O)ccn1. The fourth-order valence-corrected chi connectivity index (χ4v) is 0.902. The van der Waals surface area contributed by atoms with Gasteiger partial charge in [0.2, 0.25) is 5.91 Å². The lowest BCUT2D eigenvalue weighted by atomic mass is 10.2. The van der Waals surface area contributed by atoms with E-state index in [9.17, 15) is 9.59 Å². The fraction of sp³-hybridized carbons (Fsp3) is 0.300. The Morgan fingerprint density at radius 1 is 1.47 bits per heavy atom. The summed E-state index contributed by atoms with van der Waals surface area (Å²) in [5, 5.41) is 11.2. The van der Waals surface area contributed by atoms with E-state index in [2.05, 4.69) is 10.3 Å². The van der Waals surface area contributed by atoms with Crippen molar-refractivity contribution in [3.05, 3.63) is 23.9 Å². The normalized spacial score (nSPS) is 10.1. The third-order valence-corrected chi connectivity index (χ3v) is 1.78. The first kappa shape index (κ1) is 11.2. The van der Waals surface area contributed by atoms with Crippen LogP contribution in [0.4, 0.5) is 5.82 Å². The van der Waals surface area contributed by atoms with Crippen LogP contribution in [-0.4, -0.2) is 22.0 Å². The van der Waals surface area contributed by atoms with Crippen molar-refractivity contribution < 1.29 is 14.7 Å². The second kappa shape index (κ2) is 4.54. The summed E-state index contributed by atoms with van der Waals surface area (Å²) < 4.78 is 0. The molecule has 0 spiro atoms. The van der Waals surface area contributed by atoms with Gasteiger partial charge in [-0.25, -0.2) is 9.78 Å². The van der Waals surface area contributed by atoms with Gasteiger partial charge in [0, 0.05) is 12.1 Å². The van der Waals surface area contributed by atoms with Gasteiger partial charge in [-0.15, -0.1) is 0 Å². The van der Waals surface area contributed by atoms with Gasteiger partial charge < -0.3 is 10.4 Å². The lowest BCUT2D eigenvalue weighted by Crippen LogP contribution is -2.18. The number of aromatic carboxylic acids is 1.